The fourth-order valence-electron chi connectivity index (χ4n) is 1.01. The first-order valence-electron chi connectivity index (χ1n) is 4.21. The zero-order valence-corrected chi connectivity index (χ0v) is 7.99. The second-order valence-electron chi connectivity index (χ2n) is 2.82. The van der Waals surface area contributed by atoms with Crippen LogP contribution in [0.3, 0.4) is 0 Å². The number of nitrogens with two attached hydrogens (primary N) is 1. The number of carbonyl (C=O) groups excluding carboxylic acids is 1. The van der Waals surface area contributed by atoms with E-state index in [0.29, 0.717) is 0 Å². The molecule has 2 N–H and O–H groups in total. The van der Waals surface area contributed by atoms with Crippen LogP contribution in [0.25, 0.3) is 6.08 Å². The highest BCUT2D eigenvalue weighted by molar-refractivity contribution is 5.90. The van der Waals surface area contributed by atoms with E-state index >= 15 is 0 Å². The molecule has 1 rings (SSSR count). The number of hydrogen-bond acceptors (Lipinski definition) is 2. The summed E-state index contributed by atoms with van der Waals surface area (Å²) in [6.45, 7) is 0. The molecule has 86 valence electrons. The molecule has 0 saturated heterocycles. The van der Waals surface area contributed by atoms with Gasteiger partial charge in [0, 0.05) is 11.6 Å². The molecule has 3 nitrogen and oxygen atoms in total. The number of ether oxygens (including phenoxy) is 1. The first-order chi connectivity index (χ1) is 7.38. The van der Waals surface area contributed by atoms with Gasteiger partial charge in [-0.15, -0.1) is 13.2 Å². The van der Waals surface area contributed by atoms with Crippen molar-refractivity contribution in [2.24, 2.45) is 5.73 Å². The van der Waals surface area contributed by atoms with Gasteiger partial charge in [0.15, 0.2) is 0 Å². The molecular formula is C10H8F3NO2. The maximum absolute atomic E-state index is 12.0. The Kier molecular flexibility index (Phi) is 3.55. The van der Waals surface area contributed by atoms with Gasteiger partial charge in [0.1, 0.15) is 5.75 Å². The topological polar surface area (TPSA) is 52.3 Å². The number of carbonyl (C=O) groups is 1. The summed E-state index contributed by atoms with van der Waals surface area (Å²) in [5, 5.41) is 0. The average Bonchev–Trinajstić information content (AvgIpc) is 2.14. The van der Waals surface area contributed by atoms with Crippen LogP contribution in [0.1, 0.15) is 5.56 Å². The molecule has 0 aromatic heterocycles. The summed E-state index contributed by atoms with van der Waals surface area (Å²) in [6, 6.07) is 5.43. The molecule has 1 amide bonds. The number of primary amides is 1. The Morgan fingerprint density at radius 2 is 1.94 bits per heavy atom. The van der Waals surface area contributed by atoms with Gasteiger partial charge >= 0.3 is 6.36 Å². The smallest absolute Gasteiger partial charge is 0.405 e. The monoisotopic (exact) mass is 231 g/mol. The summed E-state index contributed by atoms with van der Waals surface area (Å²) >= 11 is 0. The molecule has 0 radical (unpaired) electrons. The number of benzene rings is 1. The van der Waals surface area contributed by atoms with Gasteiger partial charge in [0.25, 0.3) is 0 Å². The first-order valence-corrected chi connectivity index (χ1v) is 4.21. The lowest BCUT2D eigenvalue weighted by Crippen LogP contribution is -2.17. The van der Waals surface area contributed by atoms with E-state index < -0.39 is 12.3 Å². The largest absolute Gasteiger partial charge is 0.573 e. The SMILES string of the molecule is NC(=O)C=Cc1ccccc1OC(F)(F)F. The second kappa shape index (κ2) is 4.69. The van der Waals surface area contributed by atoms with Crippen LogP contribution >= 0.6 is 0 Å². The van der Waals surface area contributed by atoms with Crippen molar-refractivity contribution >= 4 is 12.0 Å². The van der Waals surface area contributed by atoms with Crippen LogP contribution in [0.15, 0.2) is 30.3 Å². The summed E-state index contributed by atoms with van der Waals surface area (Å²) in [6.07, 6.45) is -2.65. The molecule has 0 spiro atoms. The van der Waals surface area contributed by atoms with Crippen molar-refractivity contribution in [2.45, 2.75) is 6.36 Å². The fraction of sp³-hybridized carbons (Fsp3) is 0.100. The van der Waals surface area contributed by atoms with Crippen molar-refractivity contribution in [1.29, 1.82) is 0 Å². The van der Waals surface area contributed by atoms with Gasteiger partial charge < -0.3 is 10.5 Å². The first kappa shape index (κ1) is 12.1. The molecule has 16 heavy (non-hydrogen) atoms. The van der Waals surface area contributed by atoms with Crippen molar-refractivity contribution in [3.63, 3.8) is 0 Å². The maximum atomic E-state index is 12.0. The Bertz CT molecular complexity index is 413. The molecule has 6 heteroatoms. The minimum absolute atomic E-state index is 0.124. The molecule has 1 aromatic carbocycles. The Morgan fingerprint density at radius 1 is 1.31 bits per heavy atom. The van der Waals surface area contributed by atoms with E-state index in [9.17, 15) is 18.0 Å². The number of alkyl halides is 3. The number of halogens is 3. The highest BCUT2D eigenvalue weighted by Crippen LogP contribution is 2.26. The van der Waals surface area contributed by atoms with Gasteiger partial charge in [-0.05, 0) is 12.1 Å². The van der Waals surface area contributed by atoms with Crippen molar-refractivity contribution in [2.75, 3.05) is 0 Å². The van der Waals surface area contributed by atoms with Gasteiger partial charge in [0.05, 0.1) is 0 Å². The standard InChI is InChI=1S/C10H8F3NO2/c11-10(12,13)16-8-4-2-1-3-7(8)5-6-9(14)15/h1-6H,(H2,14,15). The van der Waals surface area contributed by atoms with Crippen LogP contribution in [-0.2, 0) is 4.79 Å². The molecule has 0 atom stereocenters. The average molecular weight is 231 g/mol. The van der Waals surface area contributed by atoms with E-state index in [-0.39, 0.29) is 11.3 Å². The quantitative estimate of drug-likeness (QED) is 0.809. The highest BCUT2D eigenvalue weighted by Gasteiger charge is 2.31. The van der Waals surface area contributed by atoms with Crippen LogP contribution in [0.5, 0.6) is 5.75 Å². The van der Waals surface area contributed by atoms with Crippen LogP contribution in [-0.4, -0.2) is 12.3 Å². The zero-order chi connectivity index (χ0) is 12.2. The molecular weight excluding hydrogens is 223 g/mol. The Hall–Kier alpha value is -1.98. The Labute approximate surface area is 89.3 Å². The lowest BCUT2D eigenvalue weighted by Gasteiger charge is -2.10. The molecule has 0 heterocycles. The Balaban J connectivity index is 2.96. The van der Waals surface area contributed by atoms with Gasteiger partial charge in [-0.25, -0.2) is 0 Å². The van der Waals surface area contributed by atoms with Crippen molar-refractivity contribution in [1.82, 2.24) is 0 Å². The predicted molar refractivity (Wildman–Crippen MR) is 51.4 cm³/mol. The normalized spacial score (nSPS) is 11.7. The molecule has 0 saturated carbocycles. The molecule has 0 unspecified atom stereocenters. The van der Waals surface area contributed by atoms with Crippen molar-refractivity contribution in [3.8, 4) is 5.75 Å². The summed E-state index contributed by atoms with van der Waals surface area (Å²) in [5.74, 6) is -1.13. The van der Waals surface area contributed by atoms with Crippen molar-refractivity contribution in [3.05, 3.63) is 35.9 Å². The summed E-state index contributed by atoms with van der Waals surface area (Å²) in [5.41, 5.74) is 4.95. The minimum Gasteiger partial charge on any atom is -0.405 e. The summed E-state index contributed by atoms with van der Waals surface area (Å²) in [4.78, 5) is 10.4. The highest BCUT2D eigenvalue weighted by atomic mass is 19.4. The number of para-hydroxylation sites is 1. The van der Waals surface area contributed by atoms with E-state index in [1.54, 1.807) is 0 Å². The van der Waals surface area contributed by atoms with Gasteiger partial charge in [-0.3, -0.25) is 4.79 Å². The van der Waals surface area contributed by atoms with Crippen LogP contribution in [0.2, 0.25) is 0 Å². The third kappa shape index (κ3) is 4.04. The maximum Gasteiger partial charge on any atom is 0.573 e. The molecule has 0 bridgehead atoms. The van der Waals surface area contributed by atoms with E-state index in [2.05, 4.69) is 4.74 Å². The summed E-state index contributed by atoms with van der Waals surface area (Å²) in [7, 11) is 0. The molecule has 0 aliphatic heterocycles. The van der Waals surface area contributed by atoms with Crippen LogP contribution < -0.4 is 10.5 Å². The zero-order valence-electron chi connectivity index (χ0n) is 7.99. The number of amides is 1. The van der Waals surface area contributed by atoms with E-state index in [1.807, 2.05) is 0 Å². The van der Waals surface area contributed by atoms with Gasteiger partial charge in [0.2, 0.25) is 5.91 Å². The van der Waals surface area contributed by atoms with Crippen LogP contribution in [0.4, 0.5) is 13.2 Å². The van der Waals surface area contributed by atoms with Gasteiger partial charge in [-0.2, -0.15) is 0 Å². The lowest BCUT2D eigenvalue weighted by atomic mass is 10.2. The van der Waals surface area contributed by atoms with Crippen LogP contribution in [0, 0.1) is 0 Å². The van der Waals surface area contributed by atoms with E-state index in [0.717, 1.165) is 18.2 Å². The predicted octanol–water partition coefficient (Wildman–Crippen LogP) is 2.08. The fourth-order valence-corrected chi connectivity index (χ4v) is 1.01. The third-order valence-electron chi connectivity index (χ3n) is 1.57. The third-order valence-corrected chi connectivity index (χ3v) is 1.57. The molecule has 1 aromatic rings. The molecule has 0 aliphatic carbocycles. The lowest BCUT2D eigenvalue weighted by molar-refractivity contribution is -0.274. The Morgan fingerprint density at radius 3 is 2.50 bits per heavy atom. The minimum atomic E-state index is -4.77. The second-order valence-corrected chi connectivity index (χ2v) is 2.82. The summed E-state index contributed by atoms with van der Waals surface area (Å²) < 4.78 is 39.7. The van der Waals surface area contributed by atoms with Crippen molar-refractivity contribution < 1.29 is 22.7 Å². The number of hydrogen-bond donors (Lipinski definition) is 1. The van der Waals surface area contributed by atoms with E-state index in [1.165, 1.54) is 18.2 Å². The molecule has 0 aliphatic rings. The van der Waals surface area contributed by atoms with E-state index in [4.69, 9.17) is 5.73 Å². The van der Waals surface area contributed by atoms with Gasteiger partial charge in [-0.1, -0.05) is 18.2 Å². The molecule has 0 fully saturated rings. The number of rotatable bonds is 3.